The Morgan fingerprint density at radius 2 is 1.28 bits per heavy atom. The highest BCUT2D eigenvalue weighted by atomic mass is 28.4. The lowest BCUT2D eigenvalue weighted by Gasteiger charge is -2.49. The standard InChI is InChI=1S/C19H42O4Si2/c1-14-13-15(22-24(9,10)18(2,3)4)16(17(20-8)21-14)23-25(11,12)19(5,6)7/h14-17H,13H2,1-12H3/t14?,15?,16?,17-/m0/s1. The lowest BCUT2D eigenvalue weighted by atomic mass is 10.0. The molecule has 25 heavy (non-hydrogen) atoms. The number of methoxy groups -OCH3 is 1. The fraction of sp³-hybridized carbons (Fsp3) is 1.00. The van der Waals surface area contributed by atoms with Crippen LogP contribution < -0.4 is 0 Å². The third-order valence-electron chi connectivity index (χ3n) is 6.29. The highest BCUT2D eigenvalue weighted by Gasteiger charge is 2.49. The van der Waals surface area contributed by atoms with E-state index in [0.29, 0.717) is 0 Å². The summed E-state index contributed by atoms with van der Waals surface area (Å²) in [7, 11) is -2.16. The molecule has 0 saturated carbocycles. The minimum absolute atomic E-state index is 0.0173. The summed E-state index contributed by atoms with van der Waals surface area (Å²) in [5.74, 6) is 0. The molecule has 1 heterocycles. The first-order valence-corrected chi connectivity index (χ1v) is 15.4. The molecule has 1 aliphatic rings. The van der Waals surface area contributed by atoms with Crippen molar-refractivity contribution in [1.82, 2.24) is 0 Å². The van der Waals surface area contributed by atoms with Gasteiger partial charge in [-0.3, -0.25) is 0 Å². The molecular formula is C19H42O4Si2. The van der Waals surface area contributed by atoms with E-state index in [1.165, 1.54) is 0 Å². The molecule has 4 atom stereocenters. The van der Waals surface area contributed by atoms with E-state index in [1.54, 1.807) is 7.11 Å². The quantitative estimate of drug-likeness (QED) is 0.577. The fourth-order valence-electron chi connectivity index (χ4n) is 2.51. The molecule has 1 rings (SSSR count). The Morgan fingerprint density at radius 3 is 1.68 bits per heavy atom. The van der Waals surface area contributed by atoms with Crippen molar-refractivity contribution in [2.75, 3.05) is 7.11 Å². The zero-order valence-corrected chi connectivity index (χ0v) is 20.6. The molecule has 0 spiro atoms. The van der Waals surface area contributed by atoms with Crippen LogP contribution in [-0.4, -0.2) is 48.3 Å². The number of ether oxygens (including phenoxy) is 2. The van der Waals surface area contributed by atoms with E-state index in [-0.39, 0.29) is 34.7 Å². The van der Waals surface area contributed by atoms with Gasteiger partial charge in [-0.2, -0.15) is 0 Å². The fourth-order valence-corrected chi connectivity index (χ4v) is 5.14. The predicted octanol–water partition coefficient (Wildman–Crippen LogP) is 5.55. The van der Waals surface area contributed by atoms with Crippen molar-refractivity contribution in [3.63, 3.8) is 0 Å². The molecule has 1 aliphatic heterocycles. The van der Waals surface area contributed by atoms with Gasteiger partial charge in [0.25, 0.3) is 0 Å². The third kappa shape index (κ3) is 5.62. The molecule has 1 fully saturated rings. The van der Waals surface area contributed by atoms with Gasteiger partial charge in [-0.05, 0) is 43.2 Å². The molecule has 0 aliphatic carbocycles. The Kier molecular flexibility index (Phi) is 7.20. The van der Waals surface area contributed by atoms with Crippen LogP contribution in [0, 0.1) is 0 Å². The van der Waals surface area contributed by atoms with Crippen molar-refractivity contribution in [2.24, 2.45) is 0 Å². The first kappa shape index (κ1) is 23.3. The van der Waals surface area contributed by atoms with Gasteiger partial charge in [-0.25, -0.2) is 0 Å². The Balaban J connectivity index is 3.12. The second-order valence-corrected chi connectivity index (χ2v) is 20.1. The van der Waals surface area contributed by atoms with E-state index >= 15 is 0 Å². The van der Waals surface area contributed by atoms with E-state index in [9.17, 15) is 0 Å². The van der Waals surface area contributed by atoms with Crippen molar-refractivity contribution in [3.8, 4) is 0 Å². The van der Waals surface area contributed by atoms with Crippen LogP contribution in [0.3, 0.4) is 0 Å². The van der Waals surface area contributed by atoms with Gasteiger partial charge >= 0.3 is 0 Å². The zero-order chi connectivity index (χ0) is 19.8. The Bertz CT molecular complexity index is 438. The summed E-state index contributed by atoms with van der Waals surface area (Å²) in [6, 6.07) is 0. The largest absolute Gasteiger partial charge is 0.411 e. The van der Waals surface area contributed by atoms with Crippen molar-refractivity contribution in [3.05, 3.63) is 0 Å². The molecule has 150 valence electrons. The number of hydrogen-bond donors (Lipinski definition) is 0. The normalized spacial score (nSPS) is 29.8. The van der Waals surface area contributed by atoms with Crippen LogP contribution in [0.25, 0.3) is 0 Å². The average Bonchev–Trinajstić information content (AvgIpc) is 2.38. The number of rotatable bonds is 5. The van der Waals surface area contributed by atoms with E-state index in [0.717, 1.165) is 6.42 Å². The van der Waals surface area contributed by atoms with Gasteiger partial charge in [0.2, 0.25) is 0 Å². The SMILES string of the molecule is CO[C@H]1OC(C)CC(O[Si](C)(C)C(C)(C)C)C1O[Si](C)(C)C(C)(C)C. The average molecular weight is 391 g/mol. The second-order valence-electron chi connectivity index (χ2n) is 10.5. The van der Waals surface area contributed by atoms with Crippen LogP contribution in [0.2, 0.25) is 36.3 Å². The van der Waals surface area contributed by atoms with Crippen LogP contribution >= 0.6 is 0 Å². The van der Waals surface area contributed by atoms with Gasteiger partial charge < -0.3 is 18.3 Å². The molecule has 0 N–H and O–H groups in total. The van der Waals surface area contributed by atoms with E-state index in [1.807, 2.05) is 0 Å². The summed E-state index contributed by atoms with van der Waals surface area (Å²) in [4.78, 5) is 0. The molecular weight excluding hydrogens is 348 g/mol. The smallest absolute Gasteiger partial charge is 0.192 e. The Hall–Kier alpha value is 0.274. The minimum Gasteiger partial charge on any atom is -0.411 e. The highest BCUT2D eigenvalue weighted by molar-refractivity contribution is 6.74. The van der Waals surface area contributed by atoms with Gasteiger partial charge in [0.1, 0.15) is 6.10 Å². The molecule has 4 nitrogen and oxygen atoms in total. The molecule has 1 saturated heterocycles. The zero-order valence-electron chi connectivity index (χ0n) is 18.6. The van der Waals surface area contributed by atoms with Crippen molar-refractivity contribution in [1.29, 1.82) is 0 Å². The summed E-state index contributed by atoms with van der Waals surface area (Å²) in [5, 5.41) is 0.300. The van der Waals surface area contributed by atoms with Crippen molar-refractivity contribution < 1.29 is 18.3 Å². The Labute approximate surface area is 158 Å². The van der Waals surface area contributed by atoms with E-state index in [4.69, 9.17) is 18.3 Å². The summed E-state index contributed by atoms with van der Waals surface area (Å²) in [6.45, 7) is 24.9. The highest BCUT2D eigenvalue weighted by Crippen LogP contribution is 2.42. The molecule has 0 bridgehead atoms. The maximum atomic E-state index is 6.79. The maximum Gasteiger partial charge on any atom is 0.192 e. The first-order valence-electron chi connectivity index (χ1n) is 9.56. The molecule has 6 heteroatoms. The first-order chi connectivity index (χ1) is 11.0. The minimum atomic E-state index is -1.96. The Morgan fingerprint density at radius 1 is 0.840 bits per heavy atom. The van der Waals surface area contributed by atoms with Crippen LogP contribution in [0.15, 0.2) is 0 Å². The van der Waals surface area contributed by atoms with Gasteiger partial charge in [-0.15, -0.1) is 0 Å². The summed E-state index contributed by atoms with van der Waals surface area (Å²) in [6.07, 6.45) is 0.442. The third-order valence-corrected chi connectivity index (χ3v) is 15.3. The van der Waals surface area contributed by atoms with Gasteiger partial charge in [0.05, 0.1) is 12.2 Å². The second kappa shape index (κ2) is 7.72. The monoisotopic (exact) mass is 390 g/mol. The van der Waals surface area contributed by atoms with Gasteiger partial charge in [-0.1, -0.05) is 41.5 Å². The van der Waals surface area contributed by atoms with E-state index in [2.05, 4.69) is 74.7 Å². The molecule has 0 aromatic heterocycles. The molecule has 0 aromatic carbocycles. The van der Waals surface area contributed by atoms with Crippen molar-refractivity contribution >= 4 is 16.6 Å². The lowest BCUT2D eigenvalue weighted by Crippen LogP contribution is -2.59. The molecule has 3 unspecified atom stereocenters. The van der Waals surface area contributed by atoms with Crippen molar-refractivity contribution in [2.45, 2.75) is 116 Å². The molecule has 0 aromatic rings. The summed E-state index contributed by atoms with van der Waals surface area (Å²) in [5.41, 5.74) is 0. The maximum absolute atomic E-state index is 6.79. The van der Waals surface area contributed by atoms with Crippen LogP contribution in [-0.2, 0) is 18.3 Å². The van der Waals surface area contributed by atoms with E-state index < -0.39 is 16.6 Å². The van der Waals surface area contributed by atoms with Crippen LogP contribution in [0.1, 0.15) is 54.9 Å². The van der Waals surface area contributed by atoms with Crippen LogP contribution in [0.4, 0.5) is 0 Å². The molecule has 0 amide bonds. The topological polar surface area (TPSA) is 36.9 Å². The predicted molar refractivity (Wildman–Crippen MR) is 110 cm³/mol. The van der Waals surface area contributed by atoms with Gasteiger partial charge in [0, 0.05) is 13.5 Å². The summed E-state index contributed by atoms with van der Waals surface area (Å²) < 4.78 is 25.3. The van der Waals surface area contributed by atoms with Gasteiger partial charge in [0.15, 0.2) is 22.9 Å². The number of hydrogen-bond acceptors (Lipinski definition) is 4. The summed E-state index contributed by atoms with van der Waals surface area (Å²) >= 11 is 0. The lowest BCUT2D eigenvalue weighted by molar-refractivity contribution is -0.247. The molecule has 0 radical (unpaired) electrons. The van der Waals surface area contributed by atoms with Crippen LogP contribution in [0.5, 0.6) is 0 Å².